The minimum absolute atomic E-state index is 0.0787. The summed E-state index contributed by atoms with van der Waals surface area (Å²) in [7, 11) is 0. The maximum atomic E-state index is 12.2. The smallest absolute Gasteiger partial charge is 0.319 e. The van der Waals surface area contributed by atoms with Crippen LogP contribution in [0.4, 0.5) is 5.69 Å². The molecule has 1 rings (SSSR count). The van der Waals surface area contributed by atoms with Gasteiger partial charge in [0.05, 0.1) is 25.3 Å². The Morgan fingerprint density at radius 1 is 0.767 bits per heavy atom. The molecule has 0 saturated heterocycles. The summed E-state index contributed by atoms with van der Waals surface area (Å²) in [5.74, 6) is -9.37. The van der Waals surface area contributed by atoms with E-state index in [1.54, 1.807) is 17.9 Å². The molecule has 1 aromatic carbocycles. The largest absolute Gasteiger partial charge is 0.481 e. The maximum Gasteiger partial charge on any atom is 0.319 e. The van der Waals surface area contributed by atoms with Crippen LogP contribution in [-0.4, -0.2) is 134 Å². The van der Waals surface area contributed by atoms with Crippen molar-refractivity contribution in [2.24, 2.45) is 5.92 Å². The molecule has 0 saturated carbocycles. The Bertz CT molecular complexity index is 1200. The molecule has 240 valence electrons. The number of hydrogen-bond acceptors (Lipinski definition) is 9. The number of carbonyl (C=O) groups excluding carboxylic acids is 1. The number of benzene rings is 1. The topological polar surface area (TPSA) is 225 Å². The summed E-state index contributed by atoms with van der Waals surface area (Å²) in [5.41, 5.74) is 0.956. The molecule has 0 bridgehead atoms. The van der Waals surface area contributed by atoms with E-state index in [0.717, 1.165) is 0 Å². The number of likely N-dealkylation sites (N-methyl/N-ethyl adjacent to an activating group) is 1. The average Bonchev–Trinajstić information content (AvgIpc) is 2.86. The minimum atomic E-state index is -2.05. The van der Waals surface area contributed by atoms with Crippen LogP contribution in [0.2, 0.25) is 0 Å². The van der Waals surface area contributed by atoms with Crippen molar-refractivity contribution in [1.82, 2.24) is 14.7 Å². The second kappa shape index (κ2) is 18.8. The second-order valence-electron chi connectivity index (χ2n) is 9.41. The van der Waals surface area contributed by atoms with Crippen LogP contribution in [0, 0.1) is 16.6 Å². The molecule has 18 heteroatoms. The monoisotopic (exact) mass is 946 g/mol. The molecule has 1 amide bonds. The summed E-state index contributed by atoms with van der Waals surface area (Å²) in [4.78, 5) is 75.1. The van der Waals surface area contributed by atoms with Gasteiger partial charge in [0.15, 0.2) is 5.92 Å². The molecule has 0 spiro atoms. The lowest BCUT2D eigenvalue weighted by atomic mass is 9.91. The van der Waals surface area contributed by atoms with Crippen molar-refractivity contribution in [2.45, 2.75) is 26.3 Å². The molecule has 0 aliphatic heterocycles. The first-order valence-corrected chi connectivity index (χ1v) is 16.0. The van der Waals surface area contributed by atoms with Gasteiger partial charge in [-0.3, -0.25) is 43.5 Å². The number of anilines is 1. The summed E-state index contributed by atoms with van der Waals surface area (Å²) in [6.07, 6.45) is -0.211. The van der Waals surface area contributed by atoms with E-state index in [9.17, 15) is 49.2 Å². The fraction of sp³-hybridized carbons (Fsp3) is 0.520. The highest BCUT2D eigenvalue weighted by Gasteiger charge is 2.40. The van der Waals surface area contributed by atoms with Crippen molar-refractivity contribution in [3.05, 3.63) is 22.3 Å². The van der Waals surface area contributed by atoms with Crippen LogP contribution in [0.1, 0.15) is 19.4 Å². The van der Waals surface area contributed by atoms with Gasteiger partial charge in [-0.2, -0.15) is 0 Å². The Labute approximate surface area is 288 Å². The molecule has 15 nitrogen and oxygen atoms in total. The van der Waals surface area contributed by atoms with Crippen LogP contribution in [0.15, 0.2) is 6.07 Å². The molecular formula is C25H33I3N4O11. The molecule has 0 aromatic heterocycles. The normalized spacial score (nSPS) is 12.1. The van der Waals surface area contributed by atoms with Crippen LogP contribution >= 0.6 is 67.8 Å². The fourth-order valence-corrected chi connectivity index (χ4v) is 8.38. The van der Waals surface area contributed by atoms with Gasteiger partial charge in [0.25, 0.3) is 0 Å². The molecule has 0 heterocycles. The van der Waals surface area contributed by atoms with Gasteiger partial charge in [0.2, 0.25) is 5.91 Å². The zero-order chi connectivity index (χ0) is 33.0. The van der Waals surface area contributed by atoms with Gasteiger partial charge in [0, 0.05) is 49.9 Å². The zero-order valence-corrected chi connectivity index (χ0v) is 29.7. The highest BCUT2D eigenvalue weighted by molar-refractivity contribution is 14.1. The van der Waals surface area contributed by atoms with E-state index in [1.807, 2.05) is 67.8 Å². The number of nitrogens with zero attached hydrogens (tertiary/aromatic N) is 3. The molecule has 1 atom stereocenters. The van der Waals surface area contributed by atoms with Crippen molar-refractivity contribution in [2.75, 3.05) is 57.7 Å². The lowest BCUT2D eigenvalue weighted by Gasteiger charge is -2.35. The molecule has 0 aliphatic carbocycles. The van der Waals surface area contributed by atoms with Crippen molar-refractivity contribution in [3.8, 4) is 0 Å². The molecular weight excluding hydrogens is 913 g/mol. The number of halogens is 3. The van der Waals surface area contributed by atoms with Gasteiger partial charge in [-0.15, -0.1) is 0 Å². The molecule has 0 aliphatic rings. The average molecular weight is 946 g/mol. The highest BCUT2D eigenvalue weighted by atomic mass is 127. The van der Waals surface area contributed by atoms with Crippen LogP contribution < -0.4 is 5.32 Å². The van der Waals surface area contributed by atoms with Crippen molar-refractivity contribution >= 4 is 109 Å². The number of carboxylic acid groups (broad SMARTS) is 5. The zero-order valence-electron chi connectivity index (χ0n) is 23.3. The summed E-state index contributed by atoms with van der Waals surface area (Å²) in [6.45, 7) is 1.98. The van der Waals surface area contributed by atoms with E-state index >= 15 is 0 Å². The molecule has 0 fully saturated rings. The third-order valence-corrected chi connectivity index (χ3v) is 9.31. The molecule has 6 N–H and O–H groups in total. The first kappa shape index (κ1) is 39.1. The molecule has 43 heavy (non-hydrogen) atoms. The van der Waals surface area contributed by atoms with Crippen molar-refractivity contribution in [1.29, 1.82) is 0 Å². The van der Waals surface area contributed by atoms with Crippen LogP contribution in [-0.2, 0) is 35.2 Å². The fourth-order valence-electron chi connectivity index (χ4n) is 4.30. The Hall–Kier alpha value is -1.89. The van der Waals surface area contributed by atoms with Gasteiger partial charge in [-0.05, 0) is 92.4 Å². The Morgan fingerprint density at radius 3 is 1.72 bits per heavy atom. The predicted molar refractivity (Wildman–Crippen MR) is 178 cm³/mol. The van der Waals surface area contributed by atoms with Gasteiger partial charge in [-0.25, -0.2) is 0 Å². The summed E-state index contributed by atoms with van der Waals surface area (Å²) >= 11 is 5.99. The van der Waals surface area contributed by atoms with E-state index in [4.69, 9.17) is 5.11 Å². The van der Waals surface area contributed by atoms with Crippen molar-refractivity contribution < 1.29 is 54.3 Å². The van der Waals surface area contributed by atoms with Gasteiger partial charge in [0.1, 0.15) is 0 Å². The number of carbonyl (C=O) groups is 6. The number of amides is 1. The maximum absolute atomic E-state index is 12.2. The number of hydrogen-bond donors (Lipinski definition) is 6. The molecule has 1 aromatic rings. The third-order valence-electron chi connectivity index (χ3n) is 6.30. The summed E-state index contributed by atoms with van der Waals surface area (Å²) < 4.78 is 1.86. The summed E-state index contributed by atoms with van der Waals surface area (Å²) in [6, 6.07) is 0.341. The summed E-state index contributed by atoms with van der Waals surface area (Å²) in [5, 5.41) is 50.8. The number of nitrogens with one attached hydrogen (secondary N) is 1. The lowest BCUT2D eigenvalue weighted by molar-refractivity contribution is -0.159. The lowest BCUT2D eigenvalue weighted by Crippen LogP contribution is -2.52. The Balaban J connectivity index is 3.54. The van der Waals surface area contributed by atoms with Gasteiger partial charge < -0.3 is 30.8 Å². The van der Waals surface area contributed by atoms with E-state index in [0.29, 0.717) is 28.5 Å². The van der Waals surface area contributed by atoms with Crippen molar-refractivity contribution in [3.63, 3.8) is 0 Å². The second-order valence-corrected chi connectivity index (χ2v) is 12.8. The van der Waals surface area contributed by atoms with E-state index in [1.165, 1.54) is 16.7 Å². The van der Waals surface area contributed by atoms with Gasteiger partial charge in [-0.1, -0.05) is 6.92 Å². The Kier molecular flexibility index (Phi) is 17.1. The SMILES string of the molecule is CCN(CCN(CCN(CC(=O)O)C(Cc1c(I)cc(I)c(NC(C)=O)c1I)C(C(=O)O)C(=O)O)CC(=O)O)CC(=O)O. The van der Waals surface area contributed by atoms with Crippen LogP contribution in [0.25, 0.3) is 0 Å². The minimum Gasteiger partial charge on any atom is -0.481 e. The van der Waals surface area contributed by atoms with E-state index < -0.39 is 54.9 Å². The van der Waals surface area contributed by atoms with Crippen LogP contribution in [0.3, 0.4) is 0 Å². The third kappa shape index (κ3) is 13.3. The number of rotatable bonds is 20. The standard InChI is InChI=1S/C25H33I3N4O11/c1-3-30(10-18(34)35)4-5-31(11-19(36)37)6-7-32(12-20(38)39)17(21(24(40)41)25(42)43)8-14-15(26)9-16(27)23(22(14)28)29-13(2)33/h9,17,21H,3-8,10-12H2,1-2H3,(H,29,33)(H,34,35)(H,36,37)(H,38,39)(H,40,41)(H,42,43). The predicted octanol–water partition coefficient (Wildman–Crippen LogP) is 1.34. The van der Waals surface area contributed by atoms with E-state index in [2.05, 4.69) is 5.32 Å². The van der Waals surface area contributed by atoms with E-state index in [-0.39, 0.29) is 45.1 Å². The van der Waals surface area contributed by atoms with Gasteiger partial charge >= 0.3 is 29.8 Å². The highest BCUT2D eigenvalue weighted by Crippen LogP contribution is 2.34. The quantitative estimate of drug-likeness (QED) is 0.0802. The first-order valence-electron chi connectivity index (χ1n) is 12.7. The first-order chi connectivity index (χ1) is 20.0. The molecule has 1 unspecified atom stereocenters. The Morgan fingerprint density at radius 2 is 1.26 bits per heavy atom. The van der Waals surface area contributed by atoms with Crippen LogP contribution in [0.5, 0.6) is 0 Å². The number of aliphatic carboxylic acids is 5. The molecule has 0 radical (unpaired) electrons. The number of carboxylic acids is 5.